The van der Waals surface area contributed by atoms with Gasteiger partial charge >= 0.3 is 6.09 Å². The van der Waals surface area contributed by atoms with Gasteiger partial charge in [-0.3, -0.25) is 4.79 Å². The zero-order valence-electron chi connectivity index (χ0n) is 20.7. The smallest absolute Gasteiger partial charge is 0.408 e. The molecule has 0 aliphatic heterocycles. The number of hydrogen-bond acceptors (Lipinski definition) is 4. The Labute approximate surface area is 207 Å². The van der Waals surface area contributed by atoms with E-state index in [4.69, 9.17) is 10.5 Å². The number of ketones is 1. The van der Waals surface area contributed by atoms with Gasteiger partial charge in [0.25, 0.3) is 0 Å². The monoisotopic (exact) mass is 474 g/mol. The van der Waals surface area contributed by atoms with E-state index in [1.807, 2.05) is 60.8 Å². The number of hydrogen-bond donors (Lipinski definition) is 3. The molecule has 1 aromatic heterocycles. The van der Waals surface area contributed by atoms with Crippen molar-refractivity contribution in [1.82, 2.24) is 10.3 Å². The molecular weight excluding hydrogens is 438 g/mol. The molecule has 4 N–H and O–H groups in total. The summed E-state index contributed by atoms with van der Waals surface area (Å²) in [5, 5.41) is 3.94. The molecule has 1 heterocycles. The molecule has 0 spiro atoms. The first-order chi connectivity index (χ1) is 16.9. The van der Waals surface area contributed by atoms with Crippen molar-refractivity contribution in [2.24, 2.45) is 11.7 Å². The maximum Gasteiger partial charge on any atom is 0.408 e. The van der Waals surface area contributed by atoms with Gasteiger partial charge in [-0.05, 0) is 62.1 Å². The molecule has 1 amide bonds. The molecule has 1 aliphatic rings. The van der Waals surface area contributed by atoms with Crippen molar-refractivity contribution in [2.75, 3.05) is 0 Å². The van der Waals surface area contributed by atoms with Crippen LogP contribution in [0.2, 0.25) is 0 Å². The Hall–Kier alpha value is -3.12. The van der Waals surface area contributed by atoms with E-state index >= 15 is 0 Å². The number of alkyl carbamates (subject to hydrolysis) is 1. The number of amides is 1. The topological polar surface area (TPSA) is 97.2 Å². The quantitative estimate of drug-likeness (QED) is 0.383. The summed E-state index contributed by atoms with van der Waals surface area (Å²) >= 11 is 0. The second-order valence-corrected chi connectivity index (χ2v) is 10.0. The predicted molar refractivity (Wildman–Crippen MR) is 139 cm³/mol. The fourth-order valence-electron chi connectivity index (χ4n) is 5.08. The number of aryl methyl sites for hydroxylation is 1. The van der Waals surface area contributed by atoms with Crippen LogP contribution in [0.3, 0.4) is 0 Å². The second kappa shape index (κ2) is 11.1. The lowest BCUT2D eigenvalue weighted by Gasteiger charge is -2.33. The first-order valence-electron chi connectivity index (χ1n) is 12.6. The number of nitrogens with two attached hydrogens (primary N) is 1. The highest BCUT2D eigenvalue weighted by Crippen LogP contribution is 2.28. The second-order valence-electron chi connectivity index (χ2n) is 10.0. The van der Waals surface area contributed by atoms with Crippen LogP contribution in [0.15, 0.2) is 60.8 Å². The third-order valence-corrected chi connectivity index (χ3v) is 7.21. The molecule has 1 saturated carbocycles. The Morgan fingerprint density at radius 2 is 1.80 bits per heavy atom. The molecule has 185 valence electrons. The fourth-order valence-corrected chi connectivity index (χ4v) is 5.08. The van der Waals surface area contributed by atoms with E-state index < -0.39 is 11.6 Å². The Balaban J connectivity index is 1.52. The summed E-state index contributed by atoms with van der Waals surface area (Å²) < 4.78 is 5.81. The van der Waals surface area contributed by atoms with E-state index in [-0.39, 0.29) is 17.9 Å². The number of aromatic nitrogens is 1. The van der Waals surface area contributed by atoms with E-state index in [1.54, 1.807) is 6.92 Å². The Morgan fingerprint density at radius 1 is 1.09 bits per heavy atom. The zero-order chi connectivity index (χ0) is 24.8. The number of rotatable bonds is 9. The molecule has 6 nitrogen and oxygen atoms in total. The van der Waals surface area contributed by atoms with Crippen LogP contribution in [0.5, 0.6) is 0 Å². The van der Waals surface area contributed by atoms with Crippen molar-refractivity contribution in [1.29, 1.82) is 0 Å². The lowest BCUT2D eigenvalue weighted by atomic mass is 9.83. The van der Waals surface area contributed by atoms with Gasteiger partial charge in [-0.1, -0.05) is 61.9 Å². The van der Waals surface area contributed by atoms with E-state index in [1.165, 1.54) is 0 Å². The Morgan fingerprint density at radius 3 is 2.57 bits per heavy atom. The molecule has 6 heteroatoms. The van der Waals surface area contributed by atoms with Crippen LogP contribution in [0.1, 0.15) is 57.1 Å². The summed E-state index contributed by atoms with van der Waals surface area (Å²) in [4.78, 5) is 30.0. The maximum atomic E-state index is 13.7. The summed E-state index contributed by atoms with van der Waals surface area (Å²) in [5.41, 5.74) is 8.14. The number of Topliss-reactive ketones (excluding diaryl/α,β-unsaturated/α-hetero) is 1. The van der Waals surface area contributed by atoms with E-state index in [0.717, 1.165) is 47.7 Å². The van der Waals surface area contributed by atoms with E-state index in [2.05, 4.69) is 17.2 Å². The predicted octanol–water partition coefficient (Wildman–Crippen LogP) is 5.47. The zero-order valence-corrected chi connectivity index (χ0v) is 20.7. The number of carbonyl (C=O) groups is 2. The highest BCUT2D eigenvalue weighted by Gasteiger charge is 2.40. The van der Waals surface area contributed by atoms with Gasteiger partial charge in [-0.2, -0.15) is 0 Å². The number of aromatic amines is 1. The molecule has 1 radical (unpaired) electrons. The van der Waals surface area contributed by atoms with E-state index in [0.29, 0.717) is 25.2 Å². The third-order valence-electron chi connectivity index (χ3n) is 7.21. The van der Waals surface area contributed by atoms with Crippen molar-refractivity contribution < 1.29 is 14.3 Å². The lowest BCUT2D eigenvalue weighted by molar-refractivity contribution is -0.123. The average Bonchev–Trinajstić information content (AvgIpc) is 3.26. The van der Waals surface area contributed by atoms with Crippen LogP contribution in [0, 0.1) is 12.0 Å². The average molecular weight is 475 g/mol. The summed E-state index contributed by atoms with van der Waals surface area (Å²) in [6, 6.07) is 18.1. The Bertz CT molecular complexity index is 1140. The highest BCUT2D eigenvalue weighted by molar-refractivity contribution is 6.01. The Kier molecular flexibility index (Phi) is 7.91. The van der Waals surface area contributed by atoms with Gasteiger partial charge in [-0.15, -0.1) is 0 Å². The molecule has 3 unspecified atom stereocenters. The number of para-hydroxylation sites is 1. The van der Waals surface area contributed by atoms with Gasteiger partial charge in [0.05, 0.1) is 0 Å². The minimum absolute atomic E-state index is 0.129. The fraction of sp³-hybridized carbons (Fsp3) is 0.414. The maximum absolute atomic E-state index is 13.7. The standard InChI is InChI=1S/C29H36N3O3/c1-20-10-6-9-15-26(20)35-28(34)32-29(2,18-22-19-31-25-14-8-7-13-23(22)25)27(33)24(30)17-16-21-11-4-3-5-12-21/h3-5,7-8,11-14,19-20,26,31H,6,9-10,15-18,30H2,1-2H3,(H,32,34). The van der Waals surface area contributed by atoms with Crippen LogP contribution >= 0.6 is 0 Å². The molecule has 0 bridgehead atoms. The number of fused-ring (bicyclic) bond motifs is 1. The van der Waals surface area contributed by atoms with Crippen LogP contribution < -0.4 is 11.1 Å². The normalized spacial score (nSPS) is 19.9. The summed E-state index contributed by atoms with van der Waals surface area (Å²) in [6.45, 7) is 3.86. The highest BCUT2D eigenvalue weighted by atomic mass is 16.6. The molecular formula is C29H36N3O3. The van der Waals surface area contributed by atoms with Gasteiger partial charge in [-0.25, -0.2) is 4.79 Å². The SMILES string of the molecule is CC1CCCCC1OC(=O)NC(C)(Cc1c[nH]c2ccccc12)C(=O)[C](N)CCc1ccccc1. The van der Waals surface area contributed by atoms with Crippen LogP contribution in [0.4, 0.5) is 4.79 Å². The van der Waals surface area contributed by atoms with Gasteiger partial charge in [0.15, 0.2) is 5.78 Å². The van der Waals surface area contributed by atoms with Crippen molar-refractivity contribution in [3.63, 3.8) is 0 Å². The number of H-pyrrole nitrogens is 1. The third kappa shape index (κ3) is 6.12. The number of benzene rings is 2. The largest absolute Gasteiger partial charge is 0.446 e. The van der Waals surface area contributed by atoms with Crippen molar-refractivity contribution >= 4 is 22.8 Å². The molecule has 4 rings (SSSR count). The minimum atomic E-state index is -1.24. The van der Waals surface area contributed by atoms with Crippen molar-refractivity contribution in [2.45, 2.75) is 70.4 Å². The molecule has 1 fully saturated rings. The van der Waals surface area contributed by atoms with Gasteiger partial charge < -0.3 is 20.8 Å². The summed E-state index contributed by atoms with van der Waals surface area (Å²) in [5.74, 6) is 0.0416. The van der Waals surface area contributed by atoms with Crippen LogP contribution in [-0.2, 0) is 22.4 Å². The van der Waals surface area contributed by atoms with Crippen LogP contribution in [-0.4, -0.2) is 28.5 Å². The molecule has 2 aromatic carbocycles. The first kappa shape index (κ1) is 25.0. The minimum Gasteiger partial charge on any atom is -0.446 e. The molecule has 3 aromatic rings. The van der Waals surface area contributed by atoms with Gasteiger partial charge in [0, 0.05) is 23.5 Å². The first-order valence-corrected chi connectivity index (χ1v) is 12.6. The van der Waals surface area contributed by atoms with Gasteiger partial charge in [0.2, 0.25) is 0 Å². The van der Waals surface area contributed by atoms with Crippen LogP contribution in [0.25, 0.3) is 10.9 Å². The number of nitrogens with one attached hydrogen (secondary N) is 2. The lowest BCUT2D eigenvalue weighted by Crippen LogP contribution is -2.57. The van der Waals surface area contributed by atoms with Crippen molar-refractivity contribution in [3.8, 4) is 0 Å². The van der Waals surface area contributed by atoms with Crippen molar-refractivity contribution in [3.05, 3.63) is 78.0 Å². The summed E-state index contributed by atoms with van der Waals surface area (Å²) in [6.07, 6.45) is 6.70. The molecule has 3 atom stereocenters. The van der Waals surface area contributed by atoms with Gasteiger partial charge in [0.1, 0.15) is 17.7 Å². The molecule has 1 aliphatic carbocycles. The summed E-state index contributed by atoms with van der Waals surface area (Å²) in [7, 11) is 0. The molecule has 0 saturated heterocycles. The van der Waals surface area contributed by atoms with E-state index in [9.17, 15) is 9.59 Å². The molecule has 35 heavy (non-hydrogen) atoms. The number of ether oxygens (including phenoxy) is 1. The number of carbonyl (C=O) groups excluding carboxylic acids is 2.